The van der Waals surface area contributed by atoms with Crippen LogP contribution in [0.3, 0.4) is 0 Å². The number of hydrogen-bond donors (Lipinski definition) is 2. The number of rotatable bonds is 19. The Balaban J connectivity index is 2.12. The van der Waals surface area contributed by atoms with E-state index in [0.29, 0.717) is 13.0 Å². The van der Waals surface area contributed by atoms with Crippen LogP contribution in [-0.2, 0) is 20.4 Å². The molecule has 0 saturated carbocycles. The number of hydrogen-bond acceptors (Lipinski definition) is 3. The SMILES string of the molecule is CCCCCCCCCCCCCCC#CC[C@H](COP(=O)(O)O)OCc1ccccc1. The van der Waals surface area contributed by atoms with Crippen LogP contribution in [0.5, 0.6) is 0 Å². The molecule has 1 aromatic carbocycles. The first-order valence-electron chi connectivity index (χ1n) is 12.3. The molecule has 1 aromatic rings. The molecule has 0 spiro atoms. The van der Waals surface area contributed by atoms with Crippen LogP contribution in [0.25, 0.3) is 0 Å². The van der Waals surface area contributed by atoms with Crippen LogP contribution in [0.1, 0.15) is 102 Å². The maximum atomic E-state index is 11.0. The molecular weight excluding hydrogens is 423 g/mol. The molecule has 1 atom stereocenters. The second kappa shape index (κ2) is 19.3. The third-order valence-corrected chi connectivity index (χ3v) is 5.85. The van der Waals surface area contributed by atoms with Gasteiger partial charge in [0.1, 0.15) is 0 Å². The van der Waals surface area contributed by atoms with E-state index < -0.39 is 13.9 Å². The van der Waals surface area contributed by atoms with Crippen LogP contribution in [0.4, 0.5) is 0 Å². The molecule has 0 amide bonds. The highest BCUT2D eigenvalue weighted by molar-refractivity contribution is 7.46. The van der Waals surface area contributed by atoms with E-state index in [1.807, 2.05) is 30.3 Å². The smallest absolute Gasteiger partial charge is 0.370 e. The van der Waals surface area contributed by atoms with Crippen molar-refractivity contribution in [2.45, 2.75) is 110 Å². The van der Waals surface area contributed by atoms with E-state index >= 15 is 0 Å². The van der Waals surface area contributed by atoms with Gasteiger partial charge in [0.05, 0.1) is 19.3 Å². The molecule has 0 unspecified atom stereocenters. The van der Waals surface area contributed by atoms with Gasteiger partial charge in [0, 0.05) is 12.8 Å². The van der Waals surface area contributed by atoms with Crippen molar-refractivity contribution < 1.29 is 23.6 Å². The first-order valence-corrected chi connectivity index (χ1v) is 13.9. The average molecular weight is 467 g/mol. The van der Waals surface area contributed by atoms with Crippen molar-refractivity contribution in [1.82, 2.24) is 0 Å². The third-order valence-electron chi connectivity index (χ3n) is 5.37. The molecule has 5 nitrogen and oxygen atoms in total. The van der Waals surface area contributed by atoms with Gasteiger partial charge < -0.3 is 14.5 Å². The van der Waals surface area contributed by atoms with Crippen LogP contribution in [0, 0.1) is 11.8 Å². The molecule has 0 radical (unpaired) electrons. The predicted molar refractivity (Wildman–Crippen MR) is 131 cm³/mol. The summed E-state index contributed by atoms with van der Waals surface area (Å²) in [4.78, 5) is 17.9. The van der Waals surface area contributed by atoms with Crippen LogP contribution >= 0.6 is 7.82 Å². The highest BCUT2D eigenvalue weighted by Gasteiger charge is 2.18. The van der Waals surface area contributed by atoms with E-state index in [-0.39, 0.29) is 6.61 Å². The van der Waals surface area contributed by atoms with Gasteiger partial charge in [0.15, 0.2) is 0 Å². The van der Waals surface area contributed by atoms with Gasteiger partial charge in [-0.15, -0.1) is 11.8 Å². The predicted octanol–water partition coefficient (Wildman–Crippen LogP) is 7.17. The summed E-state index contributed by atoms with van der Waals surface area (Å²) < 4.78 is 21.4. The number of benzene rings is 1. The molecule has 2 N–H and O–H groups in total. The second-order valence-electron chi connectivity index (χ2n) is 8.40. The average Bonchev–Trinajstić information content (AvgIpc) is 2.77. The van der Waals surface area contributed by atoms with Crippen LogP contribution in [0.2, 0.25) is 0 Å². The third kappa shape index (κ3) is 18.4. The summed E-state index contributed by atoms with van der Waals surface area (Å²) in [5, 5.41) is 0. The molecule has 1 rings (SSSR count). The van der Waals surface area contributed by atoms with Gasteiger partial charge in [-0.05, 0) is 12.0 Å². The van der Waals surface area contributed by atoms with Crippen LogP contribution in [-0.4, -0.2) is 22.5 Å². The van der Waals surface area contributed by atoms with Gasteiger partial charge in [-0.3, -0.25) is 4.52 Å². The van der Waals surface area contributed by atoms with Gasteiger partial charge in [0.2, 0.25) is 0 Å². The lowest BCUT2D eigenvalue weighted by Crippen LogP contribution is -2.18. The highest BCUT2D eigenvalue weighted by Crippen LogP contribution is 2.36. The molecule has 0 aromatic heterocycles. The zero-order valence-corrected chi connectivity index (χ0v) is 20.7. The molecule has 0 fully saturated rings. The van der Waals surface area contributed by atoms with E-state index in [2.05, 4.69) is 23.3 Å². The number of unbranched alkanes of at least 4 members (excludes halogenated alkanes) is 12. The molecule has 0 bridgehead atoms. The minimum atomic E-state index is -4.52. The summed E-state index contributed by atoms with van der Waals surface area (Å²) in [5.41, 5.74) is 0.998. The van der Waals surface area contributed by atoms with Gasteiger partial charge >= 0.3 is 7.82 Å². The summed E-state index contributed by atoms with van der Waals surface area (Å²) in [5.74, 6) is 6.26. The first-order chi connectivity index (χ1) is 15.5. The Bertz CT molecular complexity index is 662. The molecular formula is C26H43O5P. The maximum absolute atomic E-state index is 11.0. The van der Waals surface area contributed by atoms with Gasteiger partial charge in [-0.1, -0.05) is 108 Å². The molecule has 6 heteroatoms. The molecule has 182 valence electrons. The van der Waals surface area contributed by atoms with Gasteiger partial charge in [-0.25, -0.2) is 4.57 Å². The summed E-state index contributed by atoms with van der Waals surface area (Å²) >= 11 is 0. The summed E-state index contributed by atoms with van der Waals surface area (Å²) in [6.45, 7) is 2.44. The normalized spacial score (nSPS) is 12.3. The fourth-order valence-electron chi connectivity index (χ4n) is 3.46. The van der Waals surface area contributed by atoms with E-state index in [1.54, 1.807) is 0 Å². The molecule has 0 saturated heterocycles. The number of phosphoric ester groups is 1. The summed E-state index contributed by atoms with van der Waals surface area (Å²) in [7, 11) is -4.52. The Hall–Kier alpha value is -1.15. The van der Waals surface area contributed by atoms with E-state index in [1.165, 1.54) is 70.6 Å². The maximum Gasteiger partial charge on any atom is 0.469 e. The fourth-order valence-corrected chi connectivity index (χ4v) is 3.82. The highest BCUT2D eigenvalue weighted by atomic mass is 31.2. The molecule has 0 aliphatic heterocycles. The standard InChI is InChI=1S/C26H43O5P/c1-2-3-4-5-6-7-8-9-10-11-12-13-14-15-19-22-26(24-31-32(27,28)29)30-23-25-20-17-16-18-21-25/h16-18,20-21,26H,2-14,22-24H2,1H3,(H2,27,28,29)/t26-/m1/s1. The largest absolute Gasteiger partial charge is 0.469 e. The Morgan fingerprint density at radius 2 is 1.41 bits per heavy atom. The van der Waals surface area contributed by atoms with Crippen molar-refractivity contribution in [2.24, 2.45) is 0 Å². The van der Waals surface area contributed by atoms with E-state index in [9.17, 15) is 4.57 Å². The Morgan fingerprint density at radius 1 is 0.844 bits per heavy atom. The zero-order valence-electron chi connectivity index (χ0n) is 19.8. The lowest BCUT2D eigenvalue weighted by Gasteiger charge is -2.16. The van der Waals surface area contributed by atoms with Crippen molar-refractivity contribution in [3.63, 3.8) is 0 Å². The molecule has 0 aliphatic carbocycles. The van der Waals surface area contributed by atoms with Gasteiger partial charge in [-0.2, -0.15) is 0 Å². The van der Waals surface area contributed by atoms with E-state index in [0.717, 1.165) is 18.4 Å². The lowest BCUT2D eigenvalue weighted by atomic mass is 10.0. The quantitative estimate of drug-likeness (QED) is 0.128. The minimum Gasteiger partial charge on any atom is -0.370 e. The summed E-state index contributed by atoms with van der Waals surface area (Å²) in [6, 6.07) is 9.67. The fraction of sp³-hybridized carbons (Fsp3) is 0.692. The van der Waals surface area contributed by atoms with Crippen LogP contribution in [0.15, 0.2) is 30.3 Å². The number of phosphoric acid groups is 1. The second-order valence-corrected chi connectivity index (χ2v) is 9.64. The van der Waals surface area contributed by atoms with Crippen molar-refractivity contribution in [3.8, 4) is 11.8 Å². The number of ether oxygens (including phenoxy) is 1. The van der Waals surface area contributed by atoms with Crippen molar-refractivity contribution in [3.05, 3.63) is 35.9 Å². The molecule has 0 aliphatic rings. The monoisotopic (exact) mass is 466 g/mol. The minimum absolute atomic E-state index is 0.176. The Kier molecular flexibility index (Phi) is 17.4. The van der Waals surface area contributed by atoms with Gasteiger partial charge in [0.25, 0.3) is 0 Å². The van der Waals surface area contributed by atoms with Crippen molar-refractivity contribution in [1.29, 1.82) is 0 Å². The summed E-state index contributed by atoms with van der Waals surface area (Å²) in [6.07, 6.45) is 16.6. The Labute approximate surface area is 195 Å². The first kappa shape index (κ1) is 28.9. The topological polar surface area (TPSA) is 76.0 Å². The van der Waals surface area contributed by atoms with Crippen LogP contribution < -0.4 is 0 Å². The van der Waals surface area contributed by atoms with Crippen molar-refractivity contribution >= 4 is 7.82 Å². The molecule has 0 heterocycles. The molecule has 32 heavy (non-hydrogen) atoms. The van der Waals surface area contributed by atoms with E-state index in [4.69, 9.17) is 14.5 Å². The lowest BCUT2D eigenvalue weighted by molar-refractivity contribution is 0.00533. The Morgan fingerprint density at radius 3 is 1.97 bits per heavy atom. The zero-order chi connectivity index (χ0) is 23.3. The van der Waals surface area contributed by atoms with Crippen molar-refractivity contribution in [2.75, 3.05) is 6.61 Å².